The van der Waals surface area contributed by atoms with Gasteiger partial charge < -0.3 is 5.32 Å². The van der Waals surface area contributed by atoms with Crippen LogP contribution in [0.15, 0.2) is 54.6 Å². The molecule has 20 heavy (non-hydrogen) atoms. The summed E-state index contributed by atoms with van der Waals surface area (Å²) in [6.07, 6.45) is 0.923. The van der Waals surface area contributed by atoms with Crippen LogP contribution in [0.5, 0.6) is 0 Å². The van der Waals surface area contributed by atoms with Crippen LogP contribution in [-0.4, -0.2) is 6.04 Å². The molecule has 0 bridgehead atoms. The van der Waals surface area contributed by atoms with Gasteiger partial charge in [-0.1, -0.05) is 42.5 Å². The average molecular weight is 264 g/mol. The molecule has 0 heterocycles. The molecule has 0 saturated heterocycles. The summed E-state index contributed by atoms with van der Waals surface area (Å²) in [6, 6.07) is 21.1. The summed E-state index contributed by atoms with van der Waals surface area (Å²) in [6.45, 7) is 4.36. The first-order valence-electron chi connectivity index (χ1n) is 6.99. The first kappa shape index (κ1) is 14.3. The molecule has 0 amide bonds. The second-order valence-corrected chi connectivity index (χ2v) is 5.22. The topological polar surface area (TPSA) is 35.8 Å². The van der Waals surface area contributed by atoms with Crippen LogP contribution >= 0.6 is 0 Å². The summed E-state index contributed by atoms with van der Waals surface area (Å²) in [4.78, 5) is 0. The molecular weight excluding hydrogens is 244 g/mol. The molecule has 1 N–H and O–H groups in total. The Bertz CT molecular complexity index is 584. The molecule has 0 aromatic heterocycles. The molecule has 2 aromatic rings. The average Bonchev–Trinajstić information content (AvgIpc) is 2.48. The highest BCUT2D eigenvalue weighted by Gasteiger charge is 2.09. The largest absolute Gasteiger partial charge is 0.307 e. The van der Waals surface area contributed by atoms with Crippen molar-refractivity contribution < 1.29 is 0 Å². The Balaban J connectivity index is 1.95. The summed E-state index contributed by atoms with van der Waals surface area (Å²) < 4.78 is 0. The third kappa shape index (κ3) is 3.94. The lowest BCUT2D eigenvalue weighted by molar-refractivity contribution is 0.477. The minimum Gasteiger partial charge on any atom is -0.307 e. The molecule has 0 aliphatic heterocycles. The van der Waals surface area contributed by atoms with Crippen LogP contribution in [0.2, 0.25) is 0 Å². The van der Waals surface area contributed by atoms with Gasteiger partial charge in [0.25, 0.3) is 0 Å². The van der Waals surface area contributed by atoms with Crippen molar-refractivity contribution in [2.75, 3.05) is 0 Å². The Hall–Kier alpha value is -2.11. The maximum Gasteiger partial charge on any atom is 0.0991 e. The smallest absolute Gasteiger partial charge is 0.0991 e. The van der Waals surface area contributed by atoms with Gasteiger partial charge in [0.15, 0.2) is 0 Å². The molecule has 2 atom stereocenters. The van der Waals surface area contributed by atoms with Gasteiger partial charge in [-0.3, -0.25) is 0 Å². The standard InChI is InChI=1S/C18H20N2/c1-14(11-16-7-6-8-17(12-16)13-19)20-15(2)18-9-4-3-5-10-18/h3-10,12,14-15,20H,11H2,1-2H3/t14-,15-/m1/s1. The molecule has 0 spiro atoms. The second-order valence-electron chi connectivity index (χ2n) is 5.22. The Morgan fingerprint density at radius 2 is 1.80 bits per heavy atom. The van der Waals surface area contributed by atoms with Gasteiger partial charge in [0.1, 0.15) is 0 Å². The third-order valence-electron chi connectivity index (χ3n) is 3.43. The van der Waals surface area contributed by atoms with Crippen LogP contribution in [0.3, 0.4) is 0 Å². The fraction of sp³-hybridized carbons (Fsp3) is 0.278. The molecule has 0 aliphatic rings. The van der Waals surface area contributed by atoms with Crippen molar-refractivity contribution in [3.8, 4) is 6.07 Å². The van der Waals surface area contributed by atoms with Crippen LogP contribution < -0.4 is 5.32 Å². The van der Waals surface area contributed by atoms with Crippen LogP contribution in [0.4, 0.5) is 0 Å². The Kier molecular flexibility index (Phi) is 4.92. The van der Waals surface area contributed by atoms with Crippen molar-refractivity contribution in [1.82, 2.24) is 5.32 Å². The molecular formula is C18H20N2. The summed E-state index contributed by atoms with van der Waals surface area (Å²) in [5, 5.41) is 12.5. The summed E-state index contributed by atoms with van der Waals surface area (Å²) >= 11 is 0. The van der Waals surface area contributed by atoms with E-state index < -0.39 is 0 Å². The molecule has 2 heteroatoms. The van der Waals surface area contributed by atoms with Crippen LogP contribution in [0, 0.1) is 11.3 Å². The Morgan fingerprint density at radius 3 is 2.50 bits per heavy atom. The first-order chi connectivity index (χ1) is 9.69. The van der Waals surface area contributed by atoms with Crippen molar-refractivity contribution in [2.45, 2.75) is 32.4 Å². The summed E-state index contributed by atoms with van der Waals surface area (Å²) in [5.74, 6) is 0. The summed E-state index contributed by atoms with van der Waals surface area (Å²) in [7, 11) is 0. The van der Waals surface area contributed by atoms with Gasteiger partial charge in [-0.05, 0) is 43.5 Å². The van der Waals surface area contributed by atoms with E-state index in [1.807, 2.05) is 24.3 Å². The molecule has 2 aromatic carbocycles. The lowest BCUT2D eigenvalue weighted by atomic mass is 10.0. The van der Waals surface area contributed by atoms with E-state index in [2.05, 4.69) is 55.6 Å². The molecule has 102 valence electrons. The molecule has 2 nitrogen and oxygen atoms in total. The van der Waals surface area contributed by atoms with Crippen molar-refractivity contribution in [3.05, 3.63) is 71.3 Å². The minimum absolute atomic E-state index is 0.324. The van der Waals surface area contributed by atoms with Gasteiger partial charge in [0, 0.05) is 12.1 Å². The number of nitriles is 1. The zero-order valence-corrected chi connectivity index (χ0v) is 12.0. The maximum atomic E-state index is 8.92. The predicted octanol–water partition coefficient (Wildman–Crippen LogP) is 3.84. The number of nitrogens with one attached hydrogen (secondary N) is 1. The van der Waals surface area contributed by atoms with E-state index in [9.17, 15) is 0 Å². The lowest BCUT2D eigenvalue weighted by Crippen LogP contribution is -2.30. The predicted molar refractivity (Wildman–Crippen MR) is 82.3 cm³/mol. The zero-order valence-electron chi connectivity index (χ0n) is 12.0. The number of hydrogen-bond donors (Lipinski definition) is 1. The number of hydrogen-bond acceptors (Lipinski definition) is 2. The van der Waals surface area contributed by atoms with E-state index in [4.69, 9.17) is 5.26 Å². The van der Waals surface area contributed by atoms with Crippen LogP contribution in [0.25, 0.3) is 0 Å². The highest BCUT2D eigenvalue weighted by Crippen LogP contribution is 2.14. The van der Waals surface area contributed by atoms with Crippen LogP contribution in [0.1, 0.15) is 36.6 Å². The Labute approximate surface area is 121 Å². The van der Waals surface area contributed by atoms with Crippen LogP contribution in [-0.2, 0) is 6.42 Å². The third-order valence-corrected chi connectivity index (χ3v) is 3.43. The van der Waals surface area contributed by atoms with E-state index in [1.54, 1.807) is 0 Å². The zero-order chi connectivity index (χ0) is 14.4. The molecule has 2 rings (SSSR count). The van der Waals surface area contributed by atoms with Crippen molar-refractivity contribution in [3.63, 3.8) is 0 Å². The van der Waals surface area contributed by atoms with E-state index in [-0.39, 0.29) is 0 Å². The summed E-state index contributed by atoms with van der Waals surface area (Å²) in [5.41, 5.74) is 3.22. The molecule has 0 saturated carbocycles. The van der Waals surface area contributed by atoms with E-state index >= 15 is 0 Å². The first-order valence-corrected chi connectivity index (χ1v) is 6.99. The van der Waals surface area contributed by atoms with E-state index in [0.29, 0.717) is 12.1 Å². The number of benzene rings is 2. The van der Waals surface area contributed by atoms with Gasteiger partial charge in [-0.15, -0.1) is 0 Å². The van der Waals surface area contributed by atoms with E-state index in [1.165, 1.54) is 11.1 Å². The number of rotatable bonds is 5. The molecule has 0 fully saturated rings. The fourth-order valence-corrected chi connectivity index (χ4v) is 2.45. The quantitative estimate of drug-likeness (QED) is 0.890. The minimum atomic E-state index is 0.324. The van der Waals surface area contributed by atoms with Crippen molar-refractivity contribution in [1.29, 1.82) is 5.26 Å². The lowest BCUT2D eigenvalue weighted by Gasteiger charge is -2.20. The Morgan fingerprint density at radius 1 is 1.05 bits per heavy atom. The van der Waals surface area contributed by atoms with Gasteiger partial charge in [0.2, 0.25) is 0 Å². The van der Waals surface area contributed by atoms with Gasteiger partial charge in [-0.25, -0.2) is 0 Å². The second kappa shape index (κ2) is 6.88. The number of nitrogens with zero attached hydrogens (tertiary/aromatic N) is 1. The molecule has 0 radical (unpaired) electrons. The van der Waals surface area contributed by atoms with Crippen molar-refractivity contribution >= 4 is 0 Å². The van der Waals surface area contributed by atoms with Crippen molar-refractivity contribution in [2.24, 2.45) is 0 Å². The monoisotopic (exact) mass is 264 g/mol. The van der Waals surface area contributed by atoms with Gasteiger partial charge >= 0.3 is 0 Å². The van der Waals surface area contributed by atoms with Gasteiger partial charge in [0.05, 0.1) is 11.6 Å². The normalized spacial score (nSPS) is 13.4. The highest BCUT2D eigenvalue weighted by atomic mass is 14.9. The van der Waals surface area contributed by atoms with E-state index in [0.717, 1.165) is 12.0 Å². The van der Waals surface area contributed by atoms with Gasteiger partial charge in [-0.2, -0.15) is 5.26 Å². The SMILES string of the molecule is C[C@H](Cc1cccc(C#N)c1)N[C@H](C)c1ccccc1. The maximum absolute atomic E-state index is 8.92. The highest BCUT2D eigenvalue weighted by molar-refractivity contribution is 5.33. The fourth-order valence-electron chi connectivity index (χ4n) is 2.45. The molecule has 0 aliphatic carbocycles. The molecule has 0 unspecified atom stereocenters.